The number of aliphatic hydroxyl groups excluding tert-OH is 1. The lowest BCUT2D eigenvalue weighted by Crippen LogP contribution is -2.51. The van der Waals surface area contributed by atoms with Crippen molar-refractivity contribution in [3.63, 3.8) is 0 Å². The van der Waals surface area contributed by atoms with E-state index >= 15 is 0 Å². The lowest BCUT2D eigenvalue weighted by Gasteiger charge is -2.40. The fourth-order valence-corrected chi connectivity index (χ4v) is 1.69. The Hall–Kier alpha value is -0.160. The van der Waals surface area contributed by atoms with Gasteiger partial charge in [0, 0.05) is 6.61 Å². The molecule has 0 bridgehead atoms. The number of rotatable bonds is 6. The number of unbranched alkanes of at least 4 members (excludes halogenated alkanes) is 1. The molecule has 0 aliphatic carbocycles. The molecule has 1 fully saturated rings. The van der Waals surface area contributed by atoms with Gasteiger partial charge in [0.25, 0.3) is 0 Å². The highest BCUT2D eigenvalue weighted by Gasteiger charge is 2.36. The predicted octanol–water partition coefficient (Wildman–Crippen LogP) is 1.36. The Balaban J connectivity index is 2.30. The Bertz CT molecular complexity index is 193. The molecule has 0 aromatic heterocycles. The van der Waals surface area contributed by atoms with Crippen LogP contribution in [0.1, 0.15) is 33.6 Å². The van der Waals surface area contributed by atoms with Crippen LogP contribution >= 0.6 is 0 Å². The summed E-state index contributed by atoms with van der Waals surface area (Å²) in [4.78, 5) is 0. The van der Waals surface area contributed by atoms with Gasteiger partial charge in [-0.1, -0.05) is 13.3 Å². The van der Waals surface area contributed by atoms with Crippen molar-refractivity contribution in [2.24, 2.45) is 0 Å². The third-order valence-electron chi connectivity index (χ3n) is 2.63. The third-order valence-corrected chi connectivity index (χ3v) is 2.63. The van der Waals surface area contributed by atoms with Gasteiger partial charge >= 0.3 is 0 Å². The zero-order chi connectivity index (χ0) is 12.0. The maximum Gasteiger partial charge on any atom is 0.110 e. The van der Waals surface area contributed by atoms with Gasteiger partial charge in [-0.3, -0.25) is 0 Å². The fourth-order valence-electron chi connectivity index (χ4n) is 1.69. The molecule has 16 heavy (non-hydrogen) atoms. The van der Waals surface area contributed by atoms with E-state index in [2.05, 4.69) is 6.92 Å². The van der Waals surface area contributed by atoms with Crippen molar-refractivity contribution in [3.8, 4) is 0 Å². The molecule has 96 valence electrons. The van der Waals surface area contributed by atoms with Crippen LogP contribution in [0.5, 0.6) is 0 Å². The normalized spacial score (nSPS) is 29.2. The minimum Gasteiger partial charge on any atom is -0.394 e. The van der Waals surface area contributed by atoms with Gasteiger partial charge in [0.1, 0.15) is 12.2 Å². The van der Waals surface area contributed by atoms with E-state index in [9.17, 15) is 5.11 Å². The van der Waals surface area contributed by atoms with Crippen LogP contribution in [0.25, 0.3) is 0 Å². The lowest BCUT2D eigenvalue weighted by atomic mass is 10.1. The van der Waals surface area contributed by atoms with E-state index in [0.29, 0.717) is 13.2 Å². The zero-order valence-electron chi connectivity index (χ0n) is 10.6. The van der Waals surface area contributed by atoms with E-state index in [1.54, 1.807) is 0 Å². The van der Waals surface area contributed by atoms with Crippen molar-refractivity contribution < 1.29 is 19.3 Å². The molecule has 1 aliphatic heterocycles. The molecule has 1 heterocycles. The van der Waals surface area contributed by atoms with Gasteiger partial charge in [-0.15, -0.1) is 0 Å². The summed E-state index contributed by atoms with van der Waals surface area (Å²) in [5, 5.41) is 9.24. The molecule has 1 N–H and O–H groups in total. The quantitative estimate of drug-likeness (QED) is 0.702. The van der Waals surface area contributed by atoms with Crippen LogP contribution in [0, 0.1) is 0 Å². The van der Waals surface area contributed by atoms with Crippen LogP contribution < -0.4 is 0 Å². The van der Waals surface area contributed by atoms with Crippen molar-refractivity contribution in [2.45, 2.75) is 51.4 Å². The highest BCUT2D eigenvalue weighted by molar-refractivity contribution is 4.82. The minimum absolute atomic E-state index is 0.0226. The molecule has 0 spiro atoms. The summed E-state index contributed by atoms with van der Waals surface area (Å²) in [5.74, 6) is 0. The maximum atomic E-state index is 9.24. The van der Waals surface area contributed by atoms with E-state index in [0.717, 1.165) is 19.4 Å². The third kappa shape index (κ3) is 4.37. The molecule has 0 radical (unpaired) electrons. The van der Waals surface area contributed by atoms with Crippen molar-refractivity contribution in [1.82, 2.24) is 0 Å². The van der Waals surface area contributed by atoms with E-state index in [1.807, 2.05) is 13.8 Å². The summed E-state index contributed by atoms with van der Waals surface area (Å²) in [5.41, 5.74) is -0.312. The van der Waals surface area contributed by atoms with E-state index in [4.69, 9.17) is 14.2 Å². The lowest BCUT2D eigenvalue weighted by molar-refractivity contribution is -0.237. The van der Waals surface area contributed by atoms with Gasteiger partial charge in [0.15, 0.2) is 0 Å². The second-order valence-corrected chi connectivity index (χ2v) is 4.88. The first-order chi connectivity index (χ1) is 7.59. The number of aliphatic hydroxyl groups is 1. The molecule has 0 aromatic rings. The van der Waals surface area contributed by atoms with Crippen molar-refractivity contribution in [1.29, 1.82) is 0 Å². The highest BCUT2D eigenvalue weighted by atomic mass is 16.6. The van der Waals surface area contributed by atoms with Crippen LogP contribution in [0.3, 0.4) is 0 Å². The molecule has 1 saturated heterocycles. The Morgan fingerprint density at radius 3 is 2.75 bits per heavy atom. The van der Waals surface area contributed by atoms with Crippen LogP contribution in [0.4, 0.5) is 0 Å². The Kier molecular flexibility index (Phi) is 5.69. The van der Waals surface area contributed by atoms with Crippen molar-refractivity contribution >= 4 is 0 Å². The number of hydrogen-bond acceptors (Lipinski definition) is 4. The summed E-state index contributed by atoms with van der Waals surface area (Å²) in [7, 11) is 0. The molecule has 4 heteroatoms. The minimum atomic E-state index is -0.312. The summed E-state index contributed by atoms with van der Waals surface area (Å²) >= 11 is 0. The number of hydrogen-bond donors (Lipinski definition) is 1. The molecule has 1 aliphatic rings. The molecule has 2 atom stereocenters. The summed E-state index contributed by atoms with van der Waals surface area (Å²) in [6.07, 6.45) is 1.77. The Labute approximate surface area is 97.9 Å². The van der Waals surface area contributed by atoms with Crippen molar-refractivity contribution in [2.75, 3.05) is 26.4 Å². The largest absolute Gasteiger partial charge is 0.394 e. The van der Waals surface area contributed by atoms with Crippen LogP contribution in [0.15, 0.2) is 0 Å². The highest BCUT2D eigenvalue weighted by Crippen LogP contribution is 2.23. The zero-order valence-corrected chi connectivity index (χ0v) is 10.6. The first-order valence-corrected chi connectivity index (χ1v) is 6.07. The van der Waals surface area contributed by atoms with Gasteiger partial charge in [0.2, 0.25) is 0 Å². The Morgan fingerprint density at radius 2 is 2.12 bits per heavy atom. The SMILES string of the molecule is CCCCOC[C@@H]1OCC(C)(C)O[C@H]1CO. The molecule has 0 saturated carbocycles. The van der Waals surface area contributed by atoms with Gasteiger partial charge in [-0.2, -0.15) is 0 Å². The smallest absolute Gasteiger partial charge is 0.110 e. The summed E-state index contributed by atoms with van der Waals surface area (Å²) in [6.45, 7) is 7.83. The molecular weight excluding hydrogens is 208 g/mol. The number of ether oxygens (including phenoxy) is 3. The standard InChI is InChI=1S/C12H24O4/c1-4-5-6-14-8-11-10(7-13)16-12(2,3)9-15-11/h10-11,13H,4-9H2,1-3H3/t10-,11-/m0/s1. The van der Waals surface area contributed by atoms with Gasteiger partial charge in [-0.25, -0.2) is 0 Å². The Morgan fingerprint density at radius 1 is 1.38 bits per heavy atom. The summed E-state index contributed by atoms with van der Waals surface area (Å²) < 4.78 is 16.9. The topological polar surface area (TPSA) is 47.9 Å². The van der Waals surface area contributed by atoms with Crippen LogP contribution in [-0.2, 0) is 14.2 Å². The second-order valence-electron chi connectivity index (χ2n) is 4.88. The first kappa shape index (κ1) is 13.9. The second kappa shape index (κ2) is 6.55. The molecule has 0 aromatic carbocycles. The molecule has 0 amide bonds. The van der Waals surface area contributed by atoms with E-state index in [1.165, 1.54) is 0 Å². The van der Waals surface area contributed by atoms with E-state index < -0.39 is 0 Å². The van der Waals surface area contributed by atoms with Crippen molar-refractivity contribution in [3.05, 3.63) is 0 Å². The molecule has 4 nitrogen and oxygen atoms in total. The van der Waals surface area contributed by atoms with Gasteiger partial charge in [-0.05, 0) is 20.3 Å². The fraction of sp³-hybridized carbons (Fsp3) is 1.00. The average Bonchev–Trinajstić information content (AvgIpc) is 2.25. The van der Waals surface area contributed by atoms with Crippen LogP contribution in [0.2, 0.25) is 0 Å². The average molecular weight is 232 g/mol. The van der Waals surface area contributed by atoms with E-state index in [-0.39, 0.29) is 24.4 Å². The maximum absolute atomic E-state index is 9.24. The van der Waals surface area contributed by atoms with Crippen LogP contribution in [-0.4, -0.2) is 49.3 Å². The summed E-state index contributed by atoms with van der Waals surface area (Å²) in [6, 6.07) is 0. The predicted molar refractivity (Wildman–Crippen MR) is 61.5 cm³/mol. The molecule has 1 rings (SSSR count). The first-order valence-electron chi connectivity index (χ1n) is 6.07. The molecular formula is C12H24O4. The van der Waals surface area contributed by atoms with Gasteiger partial charge in [0.05, 0.1) is 25.4 Å². The molecule has 0 unspecified atom stereocenters. The van der Waals surface area contributed by atoms with Gasteiger partial charge < -0.3 is 19.3 Å². The monoisotopic (exact) mass is 232 g/mol.